The van der Waals surface area contributed by atoms with Crippen molar-refractivity contribution in [3.8, 4) is 0 Å². The van der Waals surface area contributed by atoms with Gasteiger partial charge in [0.15, 0.2) is 0 Å². The summed E-state index contributed by atoms with van der Waals surface area (Å²) in [4.78, 5) is 11.9. The summed E-state index contributed by atoms with van der Waals surface area (Å²) in [6.45, 7) is 1.78. The summed E-state index contributed by atoms with van der Waals surface area (Å²) in [5, 5.41) is 3.55. The average molecular weight is 353 g/mol. The summed E-state index contributed by atoms with van der Waals surface area (Å²) < 4.78 is 22.1. The topological polar surface area (TPSA) is 89.3 Å². The monoisotopic (exact) mass is 352 g/mol. The van der Waals surface area contributed by atoms with Crippen LogP contribution in [0.5, 0.6) is 0 Å². The van der Waals surface area contributed by atoms with Crippen LogP contribution in [0.4, 0.5) is 0 Å². The van der Waals surface area contributed by atoms with Gasteiger partial charge in [-0.05, 0) is 31.0 Å². The normalized spacial score (nSPS) is 14.5. The molecular formula is C13H18Cl2N2O3S. The van der Waals surface area contributed by atoms with Crippen LogP contribution in [-0.4, -0.2) is 32.4 Å². The zero-order chi connectivity index (χ0) is 16.2. The minimum absolute atomic E-state index is 0.0821. The Bertz CT molecular complexity index is 620. The molecule has 21 heavy (non-hydrogen) atoms. The number of benzene rings is 1. The largest absolute Gasteiger partial charge is 0.348 e. The molecule has 1 aromatic carbocycles. The molecule has 0 fully saturated rings. The van der Waals surface area contributed by atoms with E-state index in [9.17, 15) is 13.2 Å². The van der Waals surface area contributed by atoms with Crippen LogP contribution in [0.1, 0.15) is 24.9 Å². The summed E-state index contributed by atoms with van der Waals surface area (Å²) in [5.41, 5.74) is 6.47. The second kappa shape index (κ2) is 7.45. The minimum Gasteiger partial charge on any atom is -0.348 e. The van der Waals surface area contributed by atoms with Crippen LogP contribution in [0.15, 0.2) is 18.2 Å². The molecule has 0 bridgehead atoms. The third-order valence-corrected chi connectivity index (χ3v) is 4.66. The van der Waals surface area contributed by atoms with Gasteiger partial charge in [-0.2, -0.15) is 0 Å². The third kappa shape index (κ3) is 6.22. The van der Waals surface area contributed by atoms with Crippen molar-refractivity contribution >= 4 is 38.9 Å². The maximum absolute atomic E-state index is 11.9. The number of nitrogens with one attached hydrogen (secondary N) is 1. The van der Waals surface area contributed by atoms with Gasteiger partial charge in [-0.15, -0.1) is 0 Å². The number of nitrogens with two attached hydrogens (primary N) is 1. The number of carbonyl (C=O) groups excluding carboxylic acids is 1. The molecule has 2 unspecified atom stereocenters. The van der Waals surface area contributed by atoms with Crippen LogP contribution in [-0.2, 0) is 14.6 Å². The van der Waals surface area contributed by atoms with Crippen molar-refractivity contribution < 1.29 is 13.2 Å². The Balaban J connectivity index is 2.62. The van der Waals surface area contributed by atoms with E-state index < -0.39 is 21.8 Å². The van der Waals surface area contributed by atoms with Gasteiger partial charge in [0.05, 0.1) is 27.9 Å². The molecule has 0 aliphatic carbocycles. The first-order chi connectivity index (χ1) is 9.60. The first kappa shape index (κ1) is 18.2. The van der Waals surface area contributed by atoms with E-state index in [2.05, 4.69) is 5.32 Å². The van der Waals surface area contributed by atoms with Gasteiger partial charge in [0.25, 0.3) is 0 Å². The van der Waals surface area contributed by atoms with Gasteiger partial charge in [-0.25, -0.2) is 8.42 Å². The summed E-state index contributed by atoms with van der Waals surface area (Å²) in [7, 11) is -3.14. The molecule has 0 radical (unpaired) electrons. The molecule has 2 atom stereocenters. The molecule has 118 valence electrons. The lowest BCUT2D eigenvalue weighted by Crippen LogP contribution is -2.42. The van der Waals surface area contributed by atoms with Crippen molar-refractivity contribution in [2.75, 3.05) is 12.0 Å². The zero-order valence-corrected chi connectivity index (χ0v) is 14.1. The van der Waals surface area contributed by atoms with E-state index in [0.29, 0.717) is 10.0 Å². The lowest BCUT2D eigenvalue weighted by atomic mass is 10.1. The SMILES string of the molecule is CC(NC(=O)C(N)CCS(C)(=O)=O)c1ccc(Cl)c(Cl)c1. The molecule has 1 amide bonds. The van der Waals surface area contributed by atoms with Crippen LogP contribution >= 0.6 is 23.2 Å². The number of carbonyl (C=O) groups is 1. The van der Waals surface area contributed by atoms with Gasteiger partial charge >= 0.3 is 0 Å². The van der Waals surface area contributed by atoms with Crippen LogP contribution in [0.25, 0.3) is 0 Å². The molecule has 5 nitrogen and oxygen atoms in total. The molecule has 1 aromatic rings. The van der Waals surface area contributed by atoms with E-state index in [0.717, 1.165) is 11.8 Å². The average Bonchev–Trinajstić information content (AvgIpc) is 2.38. The van der Waals surface area contributed by atoms with Crippen LogP contribution in [0, 0.1) is 0 Å². The van der Waals surface area contributed by atoms with Crippen LogP contribution < -0.4 is 11.1 Å². The quantitative estimate of drug-likeness (QED) is 0.818. The Kier molecular flexibility index (Phi) is 6.46. The number of sulfone groups is 1. The molecule has 0 saturated heterocycles. The number of hydrogen-bond acceptors (Lipinski definition) is 4. The Labute approximate surface area is 134 Å². The van der Waals surface area contributed by atoms with Gasteiger partial charge < -0.3 is 11.1 Å². The molecule has 3 N–H and O–H groups in total. The van der Waals surface area contributed by atoms with E-state index in [-0.39, 0.29) is 18.2 Å². The van der Waals surface area contributed by atoms with Crippen molar-refractivity contribution in [1.82, 2.24) is 5.32 Å². The summed E-state index contributed by atoms with van der Waals surface area (Å²) in [5.74, 6) is -0.528. The maximum atomic E-state index is 11.9. The predicted octanol–water partition coefficient (Wildman–Crippen LogP) is 1.93. The van der Waals surface area contributed by atoms with Crippen molar-refractivity contribution in [1.29, 1.82) is 0 Å². The summed E-state index contributed by atoms with van der Waals surface area (Å²) in [6.07, 6.45) is 1.19. The van der Waals surface area contributed by atoms with E-state index in [1.165, 1.54) is 0 Å². The van der Waals surface area contributed by atoms with Gasteiger partial charge in [0.2, 0.25) is 5.91 Å². The second-order valence-corrected chi connectivity index (χ2v) is 8.00. The Hall–Kier alpha value is -0.820. The summed E-state index contributed by atoms with van der Waals surface area (Å²) >= 11 is 11.8. The number of rotatable bonds is 6. The Morgan fingerprint density at radius 3 is 2.48 bits per heavy atom. The van der Waals surface area contributed by atoms with E-state index in [1.807, 2.05) is 0 Å². The molecule has 0 saturated carbocycles. The molecule has 0 heterocycles. The molecule has 1 rings (SSSR count). The van der Waals surface area contributed by atoms with Crippen molar-refractivity contribution in [2.45, 2.75) is 25.4 Å². The van der Waals surface area contributed by atoms with Crippen molar-refractivity contribution in [2.24, 2.45) is 5.73 Å². The molecule has 0 aliphatic rings. The highest BCUT2D eigenvalue weighted by molar-refractivity contribution is 7.90. The molecule has 0 aromatic heterocycles. The van der Waals surface area contributed by atoms with E-state index >= 15 is 0 Å². The first-order valence-electron chi connectivity index (χ1n) is 6.29. The third-order valence-electron chi connectivity index (χ3n) is 2.94. The molecular weight excluding hydrogens is 335 g/mol. The van der Waals surface area contributed by atoms with Crippen LogP contribution in [0.2, 0.25) is 10.0 Å². The van der Waals surface area contributed by atoms with Crippen LogP contribution in [0.3, 0.4) is 0 Å². The highest BCUT2D eigenvalue weighted by atomic mass is 35.5. The van der Waals surface area contributed by atoms with E-state index in [1.54, 1.807) is 25.1 Å². The van der Waals surface area contributed by atoms with E-state index in [4.69, 9.17) is 28.9 Å². The van der Waals surface area contributed by atoms with Crippen molar-refractivity contribution in [3.05, 3.63) is 33.8 Å². The maximum Gasteiger partial charge on any atom is 0.237 e. The lowest BCUT2D eigenvalue weighted by Gasteiger charge is -2.18. The second-order valence-electron chi connectivity index (χ2n) is 4.93. The summed E-state index contributed by atoms with van der Waals surface area (Å²) in [6, 6.07) is 3.88. The number of amides is 1. The zero-order valence-electron chi connectivity index (χ0n) is 11.8. The fourth-order valence-electron chi connectivity index (χ4n) is 1.66. The first-order valence-corrected chi connectivity index (χ1v) is 9.10. The van der Waals surface area contributed by atoms with Crippen molar-refractivity contribution in [3.63, 3.8) is 0 Å². The highest BCUT2D eigenvalue weighted by Crippen LogP contribution is 2.25. The highest BCUT2D eigenvalue weighted by Gasteiger charge is 2.18. The van der Waals surface area contributed by atoms with Gasteiger partial charge in [0.1, 0.15) is 9.84 Å². The molecule has 8 heteroatoms. The minimum atomic E-state index is -3.14. The molecule has 0 aliphatic heterocycles. The standard InChI is InChI=1S/C13H18Cl2N2O3S/c1-8(9-3-4-10(14)11(15)7-9)17-13(18)12(16)5-6-21(2,19)20/h3-4,7-8,12H,5-6,16H2,1-2H3,(H,17,18). The number of hydrogen-bond donors (Lipinski definition) is 2. The van der Waals surface area contributed by atoms with Gasteiger partial charge in [-0.1, -0.05) is 29.3 Å². The fraction of sp³-hybridized carbons (Fsp3) is 0.462. The molecule has 0 spiro atoms. The number of halogens is 2. The smallest absolute Gasteiger partial charge is 0.237 e. The Morgan fingerprint density at radius 2 is 1.95 bits per heavy atom. The van der Waals surface area contributed by atoms with Gasteiger partial charge in [0, 0.05) is 6.26 Å². The lowest BCUT2D eigenvalue weighted by molar-refractivity contribution is -0.123. The predicted molar refractivity (Wildman–Crippen MR) is 85.3 cm³/mol. The van der Waals surface area contributed by atoms with Gasteiger partial charge in [-0.3, -0.25) is 4.79 Å². The Morgan fingerprint density at radius 1 is 1.33 bits per heavy atom. The fourth-order valence-corrected chi connectivity index (χ4v) is 2.65.